The first-order valence-electron chi connectivity index (χ1n) is 12.7. The van der Waals surface area contributed by atoms with Crippen LogP contribution in [0.25, 0.3) is 0 Å². The van der Waals surface area contributed by atoms with Crippen LogP contribution in [0, 0.1) is 0 Å². The molecule has 4 rings (SSSR count). The molecular formula is C26H37N3O4. The second-order valence-electron chi connectivity index (χ2n) is 9.62. The van der Waals surface area contributed by atoms with Crippen molar-refractivity contribution < 1.29 is 19.1 Å². The van der Waals surface area contributed by atoms with E-state index < -0.39 is 6.04 Å². The fourth-order valence-corrected chi connectivity index (χ4v) is 5.56. The standard InChI is InChI=1S/C26H37N3O4/c1-3-5-6-15-28(14-4-2)21-8-7-9-23(21)33-19-10-11-20-18(16-19)17-29(26(20)32)22-12-13-24(30)27-25(22)31/h10-11,16,21-23H,3-9,12-15,17H2,1-2H3,(H,27,30,31)/t21-,22?,23-/m0/s1. The first-order chi connectivity index (χ1) is 16.0. The Hall–Kier alpha value is -2.41. The molecule has 1 N–H and O–H groups in total. The number of amides is 3. The first kappa shape index (κ1) is 23.7. The number of rotatable bonds is 10. The number of carbonyl (C=O) groups is 3. The number of hydrogen-bond acceptors (Lipinski definition) is 5. The van der Waals surface area contributed by atoms with Gasteiger partial charge in [0.15, 0.2) is 0 Å². The number of piperidine rings is 1. The summed E-state index contributed by atoms with van der Waals surface area (Å²) >= 11 is 0. The molecule has 1 aromatic rings. The predicted molar refractivity (Wildman–Crippen MR) is 126 cm³/mol. The van der Waals surface area contributed by atoms with Crippen molar-refractivity contribution in [1.82, 2.24) is 15.1 Å². The van der Waals surface area contributed by atoms with E-state index in [-0.39, 0.29) is 30.2 Å². The topological polar surface area (TPSA) is 79.0 Å². The molecule has 33 heavy (non-hydrogen) atoms. The number of benzene rings is 1. The molecule has 3 amide bonds. The summed E-state index contributed by atoms with van der Waals surface area (Å²) in [4.78, 5) is 40.9. The van der Waals surface area contributed by atoms with E-state index in [9.17, 15) is 14.4 Å². The molecular weight excluding hydrogens is 418 g/mol. The summed E-state index contributed by atoms with van der Waals surface area (Å²) in [6.07, 6.45) is 9.08. The Morgan fingerprint density at radius 3 is 2.67 bits per heavy atom. The minimum absolute atomic E-state index is 0.144. The Morgan fingerprint density at radius 1 is 1.06 bits per heavy atom. The van der Waals surface area contributed by atoms with Gasteiger partial charge in [-0.05, 0) is 75.4 Å². The molecule has 2 fully saturated rings. The molecule has 1 saturated heterocycles. The van der Waals surface area contributed by atoms with Crippen LogP contribution < -0.4 is 10.1 Å². The van der Waals surface area contributed by atoms with Gasteiger partial charge in [0.1, 0.15) is 17.9 Å². The largest absolute Gasteiger partial charge is 0.489 e. The molecule has 2 heterocycles. The average molecular weight is 456 g/mol. The lowest BCUT2D eigenvalue weighted by Crippen LogP contribution is -2.52. The van der Waals surface area contributed by atoms with Crippen LogP contribution >= 0.6 is 0 Å². The molecule has 7 heteroatoms. The van der Waals surface area contributed by atoms with Gasteiger partial charge in [-0.2, -0.15) is 0 Å². The lowest BCUT2D eigenvalue weighted by Gasteiger charge is -2.33. The minimum atomic E-state index is -0.586. The maximum absolute atomic E-state index is 12.9. The monoisotopic (exact) mass is 455 g/mol. The normalized spacial score (nSPS) is 25.0. The van der Waals surface area contributed by atoms with E-state index in [1.165, 1.54) is 32.1 Å². The lowest BCUT2D eigenvalue weighted by atomic mass is 10.0. The number of hydrogen-bond donors (Lipinski definition) is 1. The van der Waals surface area contributed by atoms with Crippen LogP contribution in [-0.2, 0) is 16.1 Å². The van der Waals surface area contributed by atoms with Crippen LogP contribution in [0.4, 0.5) is 0 Å². The average Bonchev–Trinajstić information content (AvgIpc) is 3.37. The summed E-state index contributed by atoms with van der Waals surface area (Å²) < 4.78 is 6.50. The van der Waals surface area contributed by atoms with Gasteiger partial charge in [-0.1, -0.05) is 26.7 Å². The number of imide groups is 1. The van der Waals surface area contributed by atoms with Crippen molar-refractivity contribution in [3.63, 3.8) is 0 Å². The van der Waals surface area contributed by atoms with E-state index in [0.717, 1.165) is 37.2 Å². The van der Waals surface area contributed by atoms with Crippen molar-refractivity contribution in [3.8, 4) is 5.75 Å². The molecule has 0 bridgehead atoms. The van der Waals surface area contributed by atoms with Crippen LogP contribution in [0.3, 0.4) is 0 Å². The van der Waals surface area contributed by atoms with Crippen molar-refractivity contribution >= 4 is 17.7 Å². The Labute approximate surface area is 196 Å². The van der Waals surface area contributed by atoms with Gasteiger partial charge in [0.25, 0.3) is 5.91 Å². The maximum Gasteiger partial charge on any atom is 0.255 e. The minimum Gasteiger partial charge on any atom is -0.489 e. The van der Waals surface area contributed by atoms with Crippen LogP contribution in [-0.4, -0.2) is 58.8 Å². The fraction of sp³-hybridized carbons (Fsp3) is 0.654. The van der Waals surface area contributed by atoms with Gasteiger partial charge in [-0.25, -0.2) is 0 Å². The molecule has 0 radical (unpaired) electrons. The Kier molecular flexibility index (Phi) is 7.68. The van der Waals surface area contributed by atoms with E-state index in [1.54, 1.807) is 4.90 Å². The zero-order chi connectivity index (χ0) is 23.4. The third-order valence-corrected chi connectivity index (χ3v) is 7.23. The molecule has 0 aromatic heterocycles. The third-order valence-electron chi connectivity index (χ3n) is 7.23. The highest BCUT2D eigenvalue weighted by Crippen LogP contribution is 2.33. The SMILES string of the molecule is CCCCCN(CCC)[C@H]1CCC[C@@H]1Oc1ccc2c(c1)CN(C1CCC(=O)NC1=O)C2=O. The van der Waals surface area contributed by atoms with E-state index in [2.05, 4.69) is 24.1 Å². The quantitative estimate of drug-likeness (QED) is 0.430. The predicted octanol–water partition coefficient (Wildman–Crippen LogP) is 3.65. The van der Waals surface area contributed by atoms with Crippen LogP contribution in [0.1, 0.15) is 87.6 Å². The highest BCUT2D eigenvalue weighted by molar-refractivity contribution is 6.05. The van der Waals surface area contributed by atoms with E-state index >= 15 is 0 Å². The molecule has 1 aromatic carbocycles. The second kappa shape index (κ2) is 10.7. The molecule has 1 unspecified atom stereocenters. The Morgan fingerprint density at radius 2 is 1.91 bits per heavy atom. The van der Waals surface area contributed by atoms with Gasteiger partial charge >= 0.3 is 0 Å². The van der Waals surface area contributed by atoms with Crippen molar-refractivity contribution in [2.45, 2.75) is 96.4 Å². The third kappa shape index (κ3) is 5.24. The zero-order valence-corrected chi connectivity index (χ0v) is 20.0. The van der Waals surface area contributed by atoms with Crippen molar-refractivity contribution in [2.24, 2.45) is 0 Å². The summed E-state index contributed by atoms with van der Waals surface area (Å²) in [7, 11) is 0. The van der Waals surface area contributed by atoms with Gasteiger partial charge in [0.05, 0.1) is 0 Å². The summed E-state index contributed by atoms with van der Waals surface area (Å²) in [5.74, 6) is 0.00853. The summed E-state index contributed by atoms with van der Waals surface area (Å²) in [6.45, 7) is 7.10. The number of nitrogens with one attached hydrogen (secondary N) is 1. The molecule has 1 saturated carbocycles. The number of carbonyl (C=O) groups excluding carboxylic acids is 3. The zero-order valence-electron chi connectivity index (χ0n) is 20.0. The van der Waals surface area contributed by atoms with Crippen molar-refractivity contribution in [2.75, 3.05) is 13.1 Å². The second-order valence-corrected chi connectivity index (χ2v) is 9.62. The van der Waals surface area contributed by atoms with E-state index in [0.29, 0.717) is 24.6 Å². The highest BCUT2D eigenvalue weighted by Gasteiger charge is 2.39. The van der Waals surface area contributed by atoms with Crippen molar-refractivity contribution in [3.05, 3.63) is 29.3 Å². The summed E-state index contributed by atoms with van der Waals surface area (Å²) in [5, 5.41) is 2.36. The van der Waals surface area contributed by atoms with E-state index in [1.807, 2.05) is 18.2 Å². The van der Waals surface area contributed by atoms with Gasteiger partial charge in [-0.3, -0.25) is 24.6 Å². The molecule has 3 atom stereocenters. The fourth-order valence-electron chi connectivity index (χ4n) is 5.56. The number of fused-ring (bicyclic) bond motifs is 1. The van der Waals surface area contributed by atoms with Crippen LogP contribution in [0.15, 0.2) is 18.2 Å². The first-order valence-corrected chi connectivity index (χ1v) is 12.7. The number of ether oxygens (including phenoxy) is 1. The van der Waals surface area contributed by atoms with Gasteiger partial charge in [0, 0.05) is 24.6 Å². The molecule has 3 aliphatic rings. The molecule has 1 aliphatic carbocycles. The molecule has 7 nitrogen and oxygen atoms in total. The summed E-state index contributed by atoms with van der Waals surface area (Å²) in [5.41, 5.74) is 1.52. The lowest BCUT2D eigenvalue weighted by molar-refractivity contribution is -0.136. The van der Waals surface area contributed by atoms with Crippen molar-refractivity contribution in [1.29, 1.82) is 0 Å². The number of unbranched alkanes of at least 4 members (excludes halogenated alkanes) is 2. The maximum atomic E-state index is 12.9. The Balaban J connectivity index is 1.43. The van der Waals surface area contributed by atoms with Gasteiger partial charge in [0.2, 0.25) is 11.8 Å². The highest BCUT2D eigenvalue weighted by atomic mass is 16.5. The molecule has 180 valence electrons. The van der Waals surface area contributed by atoms with Crippen LogP contribution in [0.2, 0.25) is 0 Å². The van der Waals surface area contributed by atoms with Gasteiger partial charge < -0.3 is 9.64 Å². The summed E-state index contributed by atoms with van der Waals surface area (Å²) in [6, 6.07) is 5.54. The Bertz CT molecular complexity index is 886. The number of nitrogens with zero attached hydrogens (tertiary/aromatic N) is 2. The molecule has 2 aliphatic heterocycles. The van der Waals surface area contributed by atoms with E-state index in [4.69, 9.17) is 4.74 Å². The van der Waals surface area contributed by atoms with Crippen LogP contribution in [0.5, 0.6) is 5.75 Å². The smallest absolute Gasteiger partial charge is 0.255 e. The molecule has 0 spiro atoms. The van der Waals surface area contributed by atoms with Gasteiger partial charge in [-0.15, -0.1) is 0 Å².